The summed E-state index contributed by atoms with van der Waals surface area (Å²) in [4.78, 5) is 58.1. The third-order valence-electron chi connectivity index (χ3n) is 3.68. The van der Waals surface area contributed by atoms with Crippen molar-refractivity contribution in [2.75, 3.05) is 19.7 Å². The van der Waals surface area contributed by atoms with Crippen molar-refractivity contribution >= 4 is 30.0 Å². The molecule has 0 spiro atoms. The molecular weight excluding hydrogens is 460 g/mol. The molecule has 0 aliphatic rings. The lowest BCUT2D eigenvalue weighted by atomic mass is 10.2. The molecule has 13 heteroatoms. The van der Waals surface area contributed by atoms with Gasteiger partial charge in [0.2, 0.25) is 11.8 Å². The number of imidazole rings is 1. The van der Waals surface area contributed by atoms with Crippen LogP contribution in [0.4, 0.5) is 9.59 Å². The Balaban J connectivity index is 2.53. The summed E-state index contributed by atoms with van der Waals surface area (Å²) in [6.07, 6.45) is 0.814. The number of carbonyl (C=O) groups excluding carboxylic acids is 4. The number of esters is 1. The first-order valence-electron chi connectivity index (χ1n) is 11.3. The first-order valence-corrected chi connectivity index (χ1v) is 11.3. The molecule has 1 aromatic rings. The average Bonchev–Trinajstić information content (AvgIpc) is 3.18. The summed E-state index contributed by atoms with van der Waals surface area (Å²) in [5.41, 5.74) is -1.41. The van der Waals surface area contributed by atoms with Gasteiger partial charge >= 0.3 is 18.2 Å². The molecule has 0 fully saturated rings. The van der Waals surface area contributed by atoms with Crippen LogP contribution in [0.1, 0.15) is 82.4 Å². The lowest BCUT2D eigenvalue weighted by Gasteiger charge is -2.21. The van der Waals surface area contributed by atoms with Crippen LogP contribution in [0.3, 0.4) is 0 Å². The van der Waals surface area contributed by atoms with Crippen LogP contribution in [-0.4, -0.2) is 70.9 Å². The maximum Gasteiger partial charge on any atom is 0.437 e. The second kappa shape index (κ2) is 13.3. The molecule has 3 amide bonds. The van der Waals surface area contributed by atoms with Gasteiger partial charge in [0.1, 0.15) is 16.9 Å². The van der Waals surface area contributed by atoms with Gasteiger partial charge in [0, 0.05) is 19.3 Å². The average molecular weight is 497 g/mol. The van der Waals surface area contributed by atoms with Gasteiger partial charge in [0.25, 0.3) is 5.91 Å². The topological polar surface area (TPSA) is 173 Å². The fraction of sp³-hybridized carbons (Fsp3) is 0.636. The SMILES string of the molecule is CCOC(=O)c1nc(C(=O)NCCCCN/C(=N\C(=O)OC(C)(C)C)NC(=O)OC(C)(C)C)c[nH]1. The molecule has 0 bridgehead atoms. The number of aromatic amines is 1. The molecule has 13 nitrogen and oxygen atoms in total. The van der Waals surface area contributed by atoms with Crippen molar-refractivity contribution in [1.29, 1.82) is 0 Å². The summed E-state index contributed by atoms with van der Waals surface area (Å²) in [5.74, 6) is -1.24. The number of aliphatic imine (C=N–C) groups is 1. The van der Waals surface area contributed by atoms with E-state index in [4.69, 9.17) is 14.2 Å². The number of aromatic nitrogens is 2. The molecule has 0 saturated heterocycles. The molecule has 0 aromatic carbocycles. The number of alkyl carbamates (subject to hydrolysis) is 1. The van der Waals surface area contributed by atoms with Crippen LogP contribution >= 0.6 is 0 Å². The molecule has 1 rings (SSSR count). The van der Waals surface area contributed by atoms with Crippen molar-refractivity contribution in [3.63, 3.8) is 0 Å². The zero-order valence-electron chi connectivity index (χ0n) is 21.4. The predicted molar refractivity (Wildman–Crippen MR) is 127 cm³/mol. The fourth-order valence-electron chi connectivity index (χ4n) is 2.38. The first-order chi connectivity index (χ1) is 16.2. The molecule has 0 unspecified atom stereocenters. The van der Waals surface area contributed by atoms with Crippen molar-refractivity contribution in [2.24, 2.45) is 4.99 Å². The standard InChI is InChI=1S/C22H36N6O7/c1-8-33-17(30)15-25-13-14(26-15)16(29)23-11-9-10-12-24-18(27-19(31)34-21(2,3)4)28-20(32)35-22(5,6)7/h13H,8-12H2,1-7H3,(H,23,29)(H,25,26)(H2,24,27,28,31,32). The monoisotopic (exact) mass is 496 g/mol. The van der Waals surface area contributed by atoms with Gasteiger partial charge in [-0.05, 0) is 61.3 Å². The van der Waals surface area contributed by atoms with Crippen molar-refractivity contribution in [2.45, 2.75) is 72.5 Å². The van der Waals surface area contributed by atoms with E-state index in [1.165, 1.54) is 6.20 Å². The van der Waals surface area contributed by atoms with Crippen molar-refractivity contribution in [3.05, 3.63) is 17.7 Å². The third-order valence-corrected chi connectivity index (χ3v) is 3.68. The van der Waals surface area contributed by atoms with Crippen molar-refractivity contribution < 1.29 is 33.4 Å². The van der Waals surface area contributed by atoms with Crippen LogP contribution < -0.4 is 16.0 Å². The second-order valence-corrected chi connectivity index (χ2v) is 9.31. The molecule has 196 valence electrons. The van der Waals surface area contributed by atoms with Gasteiger partial charge in [0.15, 0.2) is 0 Å². The Morgan fingerprint density at radius 1 is 0.971 bits per heavy atom. The lowest BCUT2D eigenvalue weighted by Crippen LogP contribution is -2.44. The molecule has 0 aliphatic carbocycles. The first kappa shape index (κ1) is 29.4. The zero-order valence-corrected chi connectivity index (χ0v) is 21.4. The van der Waals surface area contributed by atoms with E-state index >= 15 is 0 Å². The summed E-state index contributed by atoms with van der Waals surface area (Å²) in [5, 5.41) is 7.95. The highest BCUT2D eigenvalue weighted by molar-refractivity contribution is 5.98. The van der Waals surface area contributed by atoms with E-state index < -0.39 is 35.3 Å². The summed E-state index contributed by atoms with van der Waals surface area (Å²) in [6, 6.07) is 0. The number of H-pyrrole nitrogens is 1. The van der Waals surface area contributed by atoms with Crippen LogP contribution in [-0.2, 0) is 14.2 Å². The Hall–Kier alpha value is -3.64. The van der Waals surface area contributed by atoms with Gasteiger partial charge in [0.05, 0.1) is 6.61 Å². The number of nitrogens with one attached hydrogen (secondary N) is 4. The van der Waals surface area contributed by atoms with Gasteiger partial charge in [-0.15, -0.1) is 4.99 Å². The van der Waals surface area contributed by atoms with E-state index in [0.29, 0.717) is 25.9 Å². The van der Waals surface area contributed by atoms with E-state index in [-0.39, 0.29) is 24.1 Å². The van der Waals surface area contributed by atoms with E-state index in [9.17, 15) is 19.2 Å². The second-order valence-electron chi connectivity index (χ2n) is 9.31. The van der Waals surface area contributed by atoms with E-state index in [2.05, 4.69) is 30.9 Å². The van der Waals surface area contributed by atoms with E-state index in [1.54, 1.807) is 48.5 Å². The molecule has 0 radical (unpaired) electrons. The molecule has 0 atom stereocenters. The Labute approximate surface area is 204 Å². The highest BCUT2D eigenvalue weighted by Crippen LogP contribution is 2.08. The lowest BCUT2D eigenvalue weighted by molar-refractivity contribution is 0.0509. The van der Waals surface area contributed by atoms with Crippen LogP contribution in [0.25, 0.3) is 0 Å². The van der Waals surface area contributed by atoms with Crippen LogP contribution in [0.15, 0.2) is 11.2 Å². The fourth-order valence-corrected chi connectivity index (χ4v) is 2.38. The van der Waals surface area contributed by atoms with E-state index in [0.717, 1.165) is 0 Å². The summed E-state index contributed by atoms with van der Waals surface area (Å²) in [7, 11) is 0. The molecule has 0 aliphatic heterocycles. The van der Waals surface area contributed by atoms with E-state index in [1.807, 2.05) is 0 Å². The predicted octanol–water partition coefficient (Wildman–Crippen LogP) is 2.50. The molecule has 1 heterocycles. The highest BCUT2D eigenvalue weighted by atomic mass is 16.6. The number of guanidine groups is 1. The number of carbonyl (C=O) groups is 4. The maximum atomic E-state index is 12.2. The number of nitrogens with zero attached hydrogens (tertiary/aromatic N) is 2. The van der Waals surface area contributed by atoms with Gasteiger partial charge in [-0.3, -0.25) is 10.1 Å². The number of unbranched alkanes of at least 4 members (excludes halogenated alkanes) is 1. The summed E-state index contributed by atoms with van der Waals surface area (Å²) < 4.78 is 15.2. The molecular formula is C22H36N6O7. The van der Waals surface area contributed by atoms with Crippen LogP contribution in [0.2, 0.25) is 0 Å². The number of hydrogen-bond acceptors (Lipinski definition) is 8. The molecule has 0 saturated carbocycles. The Kier molecular flexibility index (Phi) is 11.2. The Morgan fingerprint density at radius 2 is 1.57 bits per heavy atom. The maximum absolute atomic E-state index is 12.2. The smallest absolute Gasteiger partial charge is 0.437 e. The van der Waals surface area contributed by atoms with Crippen LogP contribution in [0.5, 0.6) is 0 Å². The summed E-state index contributed by atoms with van der Waals surface area (Å²) in [6.45, 7) is 12.8. The molecule has 4 N–H and O–H groups in total. The minimum absolute atomic E-state index is 0.0458. The van der Waals surface area contributed by atoms with Gasteiger partial charge < -0.3 is 29.8 Å². The Bertz CT molecular complexity index is 912. The van der Waals surface area contributed by atoms with Gasteiger partial charge in [-0.1, -0.05) is 0 Å². The summed E-state index contributed by atoms with van der Waals surface area (Å²) >= 11 is 0. The van der Waals surface area contributed by atoms with Crippen molar-refractivity contribution in [1.82, 2.24) is 25.9 Å². The minimum Gasteiger partial charge on any atom is -0.460 e. The Morgan fingerprint density at radius 3 is 2.14 bits per heavy atom. The number of hydrogen-bond donors (Lipinski definition) is 4. The van der Waals surface area contributed by atoms with Gasteiger partial charge in [-0.25, -0.2) is 19.4 Å². The number of rotatable bonds is 8. The highest BCUT2D eigenvalue weighted by Gasteiger charge is 2.20. The number of ether oxygens (including phenoxy) is 3. The normalized spacial score (nSPS) is 11.9. The quantitative estimate of drug-likeness (QED) is 0.139. The van der Waals surface area contributed by atoms with Crippen molar-refractivity contribution in [3.8, 4) is 0 Å². The minimum atomic E-state index is -0.871. The number of amides is 3. The third kappa shape index (κ3) is 13.0. The molecule has 1 aromatic heterocycles. The van der Waals surface area contributed by atoms with Crippen LogP contribution in [0, 0.1) is 0 Å². The zero-order chi connectivity index (χ0) is 26.6. The largest absolute Gasteiger partial charge is 0.460 e. The molecule has 35 heavy (non-hydrogen) atoms. The van der Waals surface area contributed by atoms with Gasteiger partial charge in [-0.2, -0.15) is 0 Å².